The molecule has 1 aliphatic rings. The third-order valence-electron chi connectivity index (χ3n) is 3.11. The Morgan fingerprint density at radius 3 is 2.29 bits per heavy atom. The third-order valence-corrected chi connectivity index (χ3v) is 3.40. The van der Waals surface area contributed by atoms with Crippen LogP contribution in [-0.2, 0) is 0 Å². The van der Waals surface area contributed by atoms with Crippen LogP contribution in [0.25, 0.3) is 0 Å². The molecule has 1 aliphatic heterocycles. The highest BCUT2D eigenvalue weighted by molar-refractivity contribution is 7.80. The second-order valence-corrected chi connectivity index (χ2v) is 5.27. The molecule has 0 saturated carbocycles. The van der Waals surface area contributed by atoms with Gasteiger partial charge in [0, 0.05) is 19.6 Å². The predicted molar refractivity (Wildman–Crippen MR) is 62.6 cm³/mol. The summed E-state index contributed by atoms with van der Waals surface area (Å²) in [7, 11) is 0. The van der Waals surface area contributed by atoms with Crippen molar-refractivity contribution in [3.05, 3.63) is 0 Å². The first-order chi connectivity index (χ1) is 7.62. The Bertz CT molecular complexity index is 284. The number of likely N-dealkylation sites (tertiary alicyclic amines) is 1. The fourth-order valence-corrected chi connectivity index (χ4v) is 2.04. The summed E-state index contributed by atoms with van der Waals surface area (Å²) >= 11 is 4.46. The summed E-state index contributed by atoms with van der Waals surface area (Å²) in [5.74, 6) is -1.76. The summed E-state index contributed by atoms with van der Waals surface area (Å²) in [6, 6.07) is 0. The lowest BCUT2D eigenvalue weighted by Crippen LogP contribution is -2.48. The van der Waals surface area contributed by atoms with Crippen LogP contribution in [0.5, 0.6) is 0 Å². The molecule has 0 aliphatic carbocycles. The molecule has 7 heteroatoms. The lowest BCUT2D eigenvalue weighted by atomic mass is 9.93. The molecule has 3 nitrogen and oxygen atoms in total. The molecule has 1 heterocycles. The van der Waals surface area contributed by atoms with Crippen LogP contribution in [0.3, 0.4) is 0 Å². The molecule has 1 atom stereocenters. The monoisotopic (exact) mass is 270 g/mol. The van der Waals surface area contributed by atoms with E-state index in [-0.39, 0.29) is 6.54 Å². The fourth-order valence-electron chi connectivity index (χ4n) is 1.83. The van der Waals surface area contributed by atoms with E-state index in [9.17, 15) is 18.3 Å². The van der Waals surface area contributed by atoms with Crippen molar-refractivity contribution in [3.63, 3.8) is 0 Å². The van der Waals surface area contributed by atoms with Crippen LogP contribution in [0.4, 0.5) is 13.2 Å². The maximum absolute atomic E-state index is 12.6. The summed E-state index contributed by atoms with van der Waals surface area (Å²) in [5, 5.41) is 9.70. The van der Waals surface area contributed by atoms with Gasteiger partial charge in [0.05, 0.1) is 10.6 Å². The first kappa shape index (κ1) is 14.7. The van der Waals surface area contributed by atoms with Crippen LogP contribution in [0, 0.1) is 5.92 Å². The average Bonchev–Trinajstić information content (AvgIpc) is 2.13. The van der Waals surface area contributed by atoms with Gasteiger partial charge in [-0.3, -0.25) is 0 Å². The lowest BCUT2D eigenvalue weighted by Gasteiger charge is -2.37. The van der Waals surface area contributed by atoms with Crippen molar-refractivity contribution in [2.24, 2.45) is 11.7 Å². The van der Waals surface area contributed by atoms with E-state index in [2.05, 4.69) is 12.2 Å². The molecule has 1 saturated heterocycles. The van der Waals surface area contributed by atoms with Gasteiger partial charge in [0.1, 0.15) is 5.92 Å². The molecular weight excluding hydrogens is 253 g/mol. The molecule has 0 amide bonds. The van der Waals surface area contributed by atoms with Gasteiger partial charge in [0.15, 0.2) is 0 Å². The molecule has 0 aromatic heterocycles. The number of rotatable bonds is 3. The maximum Gasteiger partial charge on any atom is 0.399 e. The Kier molecular flexibility index (Phi) is 4.38. The smallest absolute Gasteiger partial charge is 0.393 e. The van der Waals surface area contributed by atoms with Gasteiger partial charge in [-0.1, -0.05) is 12.2 Å². The number of thiocarbonyl (C=S) groups is 1. The van der Waals surface area contributed by atoms with Gasteiger partial charge in [0.2, 0.25) is 0 Å². The Morgan fingerprint density at radius 2 is 1.94 bits per heavy atom. The second kappa shape index (κ2) is 5.07. The molecule has 0 radical (unpaired) electrons. The van der Waals surface area contributed by atoms with Crippen LogP contribution in [-0.4, -0.2) is 46.4 Å². The van der Waals surface area contributed by atoms with Gasteiger partial charge in [-0.2, -0.15) is 13.2 Å². The zero-order valence-electron chi connectivity index (χ0n) is 9.63. The highest BCUT2D eigenvalue weighted by Gasteiger charge is 2.43. The summed E-state index contributed by atoms with van der Waals surface area (Å²) in [5.41, 5.74) is 4.36. The van der Waals surface area contributed by atoms with E-state index in [1.165, 1.54) is 0 Å². The Balaban J connectivity index is 2.56. The van der Waals surface area contributed by atoms with E-state index in [0.29, 0.717) is 25.9 Å². The van der Waals surface area contributed by atoms with E-state index >= 15 is 0 Å². The van der Waals surface area contributed by atoms with E-state index in [1.54, 1.807) is 11.8 Å². The molecule has 0 aromatic rings. The number of hydrogen-bond acceptors (Lipinski definition) is 3. The minimum absolute atomic E-state index is 0.213. The molecule has 0 bridgehead atoms. The average molecular weight is 270 g/mol. The maximum atomic E-state index is 12.6. The van der Waals surface area contributed by atoms with E-state index in [4.69, 9.17) is 5.73 Å². The molecule has 0 aromatic carbocycles. The Morgan fingerprint density at radius 1 is 1.47 bits per heavy atom. The number of nitrogens with two attached hydrogens (primary N) is 1. The minimum atomic E-state index is -4.40. The number of halogens is 3. The first-order valence-corrected chi connectivity index (χ1v) is 5.83. The topological polar surface area (TPSA) is 49.5 Å². The number of hydrogen-bond donors (Lipinski definition) is 2. The summed E-state index contributed by atoms with van der Waals surface area (Å²) in [6.45, 7) is 2.35. The molecule has 0 spiro atoms. The van der Waals surface area contributed by atoms with Crippen molar-refractivity contribution < 1.29 is 18.3 Å². The SMILES string of the molecule is CC1(O)CCN(CC(C(N)=S)C(F)(F)F)CC1. The zero-order valence-corrected chi connectivity index (χ0v) is 10.4. The highest BCUT2D eigenvalue weighted by Crippen LogP contribution is 2.29. The molecule has 100 valence electrons. The summed E-state index contributed by atoms with van der Waals surface area (Å²) in [4.78, 5) is 1.13. The highest BCUT2D eigenvalue weighted by atomic mass is 32.1. The molecule has 1 fully saturated rings. The summed E-state index contributed by atoms with van der Waals surface area (Å²) < 4.78 is 37.9. The van der Waals surface area contributed by atoms with Crippen molar-refractivity contribution in [2.45, 2.75) is 31.5 Å². The molecular formula is C10H17F3N2OS. The Labute approximate surface area is 104 Å². The van der Waals surface area contributed by atoms with Gasteiger partial charge in [-0.15, -0.1) is 0 Å². The Hall–Kier alpha value is -0.400. The van der Waals surface area contributed by atoms with Gasteiger partial charge >= 0.3 is 6.18 Å². The molecule has 3 N–H and O–H groups in total. The van der Waals surface area contributed by atoms with Gasteiger partial charge in [-0.25, -0.2) is 0 Å². The standard InChI is InChI=1S/C10H17F3N2OS/c1-9(16)2-4-15(5-3-9)6-7(8(14)17)10(11,12)13/h7,16H,2-6H2,1H3,(H2,14,17). The quantitative estimate of drug-likeness (QED) is 0.759. The van der Waals surface area contributed by atoms with Crippen LogP contribution < -0.4 is 5.73 Å². The largest absolute Gasteiger partial charge is 0.399 e. The van der Waals surface area contributed by atoms with E-state index in [1.807, 2.05) is 0 Å². The lowest BCUT2D eigenvalue weighted by molar-refractivity contribution is -0.161. The van der Waals surface area contributed by atoms with Gasteiger partial charge in [0.25, 0.3) is 0 Å². The van der Waals surface area contributed by atoms with Crippen molar-refractivity contribution in [3.8, 4) is 0 Å². The molecule has 1 unspecified atom stereocenters. The minimum Gasteiger partial charge on any atom is -0.393 e. The number of alkyl halides is 3. The third kappa shape index (κ3) is 4.40. The van der Waals surface area contributed by atoms with Crippen molar-refractivity contribution >= 4 is 17.2 Å². The predicted octanol–water partition coefficient (Wildman–Crippen LogP) is 1.30. The first-order valence-electron chi connectivity index (χ1n) is 5.42. The molecule has 1 rings (SSSR count). The second-order valence-electron chi connectivity index (χ2n) is 4.79. The fraction of sp³-hybridized carbons (Fsp3) is 0.900. The zero-order chi connectivity index (χ0) is 13.3. The van der Waals surface area contributed by atoms with Crippen molar-refractivity contribution in [1.29, 1.82) is 0 Å². The van der Waals surface area contributed by atoms with Crippen molar-refractivity contribution in [2.75, 3.05) is 19.6 Å². The van der Waals surface area contributed by atoms with Crippen LogP contribution in [0.1, 0.15) is 19.8 Å². The van der Waals surface area contributed by atoms with Crippen molar-refractivity contribution in [1.82, 2.24) is 4.90 Å². The number of aliphatic hydroxyl groups is 1. The summed E-state index contributed by atoms with van der Waals surface area (Å²) in [6.07, 6.45) is -3.46. The van der Waals surface area contributed by atoms with Gasteiger partial charge < -0.3 is 15.7 Å². The van der Waals surface area contributed by atoms with Crippen LogP contribution in [0.15, 0.2) is 0 Å². The van der Waals surface area contributed by atoms with Crippen LogP contribution >= 0.6 is 12.2 Å². The van der Waals surface area contributed by atoms with E-state index < -0.39 is 22.7 Å². The van der Waals surface area contributed by atoms with E-state index in [0.717, 1.165) is 0 Å². The normalized spacial score (nSPS) is 23.4. The van der Waals surface area contributed by atoms with Crippen LogP contribution in [0.2, 0.25) is 0 Å². The number of nitrogens with zero attached hydrogens (tertiary/aromatic N) is 1. The van der Waals surface area contributed by atoms with Gasteiger partial charge in [-0.05, 0) is 19.8 Å². The number of piperidine rings is 1. The molecule has 17 heavy (non-hydrogen) atoms.